The first kappa shape index (κ1) is 19.8. The Kier molecular flexibility index (Phi) is 6.32. The summed E-state index contributed by atoms with van der Waals surface area (Å²) in [5.41, 5.74) is 5.38. The van der Waals surface area contributed by atoms with E-state index in [4.69, 9.17) is 0 Å². The average Bonchev–Trinajstić information content (AvgIpc) is 2.71. The van der Waals surface area contributed by atoms with Gasteiger partial charge in [-0.05, 0) is 48.9 Å². The van der Waals surface area contributed by atoms with Crippen LogP contribution in [-0.4, -0.2) is 18.2 Å². The Morgan fingerprint density at radius 3 is 2.28 bits per heavy atom. The first-order valence-corrected chi connectivity index (χ1v) is 8.84. The van der Waals surface area contributed by atoms with Crippen molar-refractivity contribution in [3.05, 3.63) is 95.3 Å². The summed E-state index contributed by atoms with van der Waals surface area (Å²) in [7, 11) is 0. The van der Waals surface area contributed by atoms with Crippen LogP contribution in [0.15, 0.2) is 77.9 Å². The van der Waals surface area contributed by atoms with Crippen LogP contribution in [0.25, 0.3) is 0 Å². The van der Waals surface area contributed by atoms with Crippen LogP contribution in [0.5, 0.6) is 0 Å². The van der Waals surface area contributed by atoms with Crippen LogP contribution < -0.4 is 16.1 Å². The highest BCUT2D eigenvalue weighted by molar-refractivity contribution is 6.00. The number of para-hydroxylation sites is 1. The second-order valence-electron chi connectivity index (χ2n) is 6.25. The number of nitrogens with zero attached hydrogens (tertiary/aromatic N) is 1. The second kappa shape index (κ2) is 9.27. The van der Waals surface area contributed by atoms with Gasteiger partial charge in [0.25, 0.3) is 5.91 Å². The lowest BCUT2D eigenvalue weighted by Crippen LogP contribution is -2.20. The molecule has 3 aromatic rings. The Hall–Kier alpha value is -4.00. The number of hydrogen-bond acceptors (Lipinski definition) is 3. The van der Waals surface area contributed by atoms with Crippen molar-refractivity contribution in [3.63, 3.8) is 0 Å². The van der Waals surface area contributed by atoms with Crippen LogP contribution >= 0.6 is 0 Å². The molecule has 3 aromatic carbocycles. The van der Waals surface area contributed by atoms with Crippen LogP contribution in [0.2, 0.25) is 0 Å². The number of nitrogens with one attached hydrogen (secondary N) is 3. The number of benzene rings is 3. The van der Waals surface area contributed by atoms with Crippen molar-refractivity contribution < 1.29 is 14.0 Å². The number of carbonyl (C=O) groups excluding carboxylic acids is 2. The summed E-state index contributed by atoms with van der Waals surface area (Å²) in [6.07, 6.45) is 1.56. The summed E-state index contributed by atoms with van der Waals surface area (Å²) >= 11 is 0. The molecule has 29 heavy (non-hydrogen) atoms. The van der Waals surface area contributed by atoms with Crippen molar-refractivity contribution in [2.24, 2.45) is 5.10 Å². The fourth-order valence-electron chi connectivity index (χ4n) is 2.43. The van der Waals surface area contributed by atoms with E-state index in [0.29, 0.717) is 11.3 Å². The third-order valence-electron chi connectivity index (χ3n) is 3.98. The summed E-state index contributed by atoms with van der Waals surface area (Å²) in [4.78, 5) is 24.1. The maximum atomic E-state index is 13.6. The number of hydrazone groups is 1. The van der Waals surface area contributed by atoms with Gasteiger partial charge in [-0.2, -0.15) is 5.10 Å². The standard InChI is InChI=1S/C22H19FN4O2/c1-15-6-8-16(9-7-15)14-24-27-21(28)17-10-12-18(13-11-17)25-22(29)26-20-5-3-2-4-19(20)23/h2-14H,1H3,(H,27,28)(H2,25,26,29)/b24-14+. The zero-order valence-electron chi connectivity index (χ0n) is 15.6. The number of aryl methyl sites for hydroxylation is 1. The first-order chi connectivity index (χ1) is 14.0. The van der Waals surface area contributed by atoms with Gasteiger partial charge in [0.05, 0.1) is 11.9 Å². The Labute approximate surface area is 167 Å². The van der Waals surface area contributed by atoms with Crippen LogP contribution in [0.4, 0.5) is 20.6 Å². The van der Waals surface area contributed by atoms with Gasteiger partial charge < -0.3 is 10.6 Å². The maximum Gasteiger partial charge on any atom is 0.323 e. The number of carbonyl (C=O) groups is 2. The number of anilines is 2. The fraction of sp³-hybridized carbons (Fsp3) is 0.0455. The largest absolute Gasteiger partial charge is 0.323 e. The highest BCUT2D eigenvalue weighted by atomic mass is 19.1. The molecule has 0 radical (unpaired) electrons. The monoisotopic (exact) mass is 390 g/mol. The molecule has 0 heterocycles. The van der Waals surface area contributed by atoms with Gasteiger partial charge in [0, 0.05) is 11.3 Å². The maximum absolute atomic E-state index is 13.6. The molecule has 0 aliphatic rings. The summed E-state index contributed by atoms with van der Waals surface area (Å²) in [5, 5.41) is 8.93. The molecule has 7 heteroatoms. The molecule has 0 saturated carbocycles. The molecule has 6 nitrogen and oxygen atoms in total. The van der Waals surface area contributed by atoms with Crippen molar-refractivity contribution in [2.45, 2.75) is 6.92 Å². The highest BCUT2D eigenvalue weighted by Crippen LogP contribution is 2.14. The minimum absolute atomic E-state index is 0.0763. The molecule has 3 N–H and O–H groups in total. The lowest BCUT2D eigenvalue weighted by molar-refractivity contribution is 0.0955. The smallest absolute Gasteiger partial charge is 0.308 e. The quantitative estimate of drug-likeness (QED) is 0.441. The average molecular weight is 390 g/mol. The molecule has 0 unspecified atom stereocenters. The summed E-state index contributed by atoms with van der Waals surface area (Å²) in [6.45, 7) is 1.99. The van der Waals surface area contributed by atoms with E-state index in [0.717, 1.165) is 11.1 Å². The number of halogens is 1. The molecule has 0 atom stereocenters. The van der Waals surface area contributed by atoms with E-state index in [1.165, 1.54) is 18.2 Å². The van der Waals surface area contributed by atoms with E-state index in [-0.39, 0.29) is 11.6 Å². The lowest BCUT2D eigenvalue weighted by Gasteiger charge is -2.08. The minimum Gasteiger partial charge on any atom is -0.308 e. The van der Waals surface area contributed by atoms with Crippen molar-refractivity contribution >= 4 is 29.5 Å². The van der Waals surface area contributed by atoms with Crippen LogP contribution in [0, 0.1) is 12.7 Å². The summed E-state index contributed by atoms with van der Waals surface area (Å²) in [6, 6.07) is 19.2. The second-order valence-corrected chi connectivity index (χ2v) is 6.25. The zero-order valence-corrected chi connectivity index (χ0v) is 15.6. The molecular weight excluding hydrogens is 371 g/mol. The molecule has 3 rings (SSSR count). The van der Waals surface area contributed by atoms with Crippen LogP contribution in [-0.2, 0) is 0 Å². The van der Waals surface area contributed by atoms with Gasteiger partial charge >= 0.3 is 6.03 Å². The third kappa shape index (κ3) is 5.74. The molecule has 0 aromatic heterocycles. The Balaban J connectivity index is 1.53. The number of amides is 3. The van der Waals surface area contributed by atoms with Gasteiger partial charge in [-0.15, -0.1) is 0 Å². The summed E-state index contributed by atoms with van der Waals surface area (Å²) < 4.78 is 13.6. The minimum atomic E-state index is -0.588. The molecule has 0 aliphatic heterocycles. The van der Waals surface area contributed by atoms with Gasteiger partial charge in [-0.1, -0.05) is 42.0 Å². The Bertz CT molecular complexity index is 1030. The van der Waals surface area contributed by atoms with E-state index in [2.05, 4.69) is 21.2 Å². The highest BCUT2D eigenvalue weighted by Gasteiger charge is 2.08. The Morgan fingerprint density at radius 1 is 0.897 bits per heavy atom. The van der Waals surface area contributed by atoms with E-state index in [1.54, 1.807) is 36.5 Å². The van der Waals surface area contributed by atoms with Gasteiger partial charge in [-0.25, -0.2) is 14.6 Å². The predicted molar refractivity (Wildman–Crippen MR) is 112 cm³/mol. The summed E-state index contributed by atoms with van der Waals surface area (Å²) in [5.74, 6) is -0.906. The van der Waals surface area contributed by atoms with Gasteiger partial charge in [-0.3, -0.25) is 4.79 Å². The van der Waals surface area contributed by atoms with E-state index >= 15 is 0 Å². The van der Waals surface area contributed by atoms with Gasteiger partial charge in [0.15, 0.2) is 0 Å². The topological polar surface area (TPSA) is 82.6 Å². The van der Waals surface area contributed by atoms with E-state index in [1.807, 2.05) is 31.2 Å². The molecule has 0 spiro atoms. The first-order valence-electron chi connectivity index (χ1n) is 8.84. The third-order valence-corrected chi connectivity index (χ3v) is 3.98. The van der Waals surface area contributed by atoms with Gasteiger partial charge in [0.2, 0.25) is 0 Å². The van der Waals surface area contributed by atoms with Crippen LogP contribution in [0.1, 0.15) is 21.5 Å². The van der Waals surface area contributed by atoms with Crippen molar-refractivity contribution in [1.82, 2.24) is 5.43 Å². The molecular formula is C22H19FN4O2. The molecule has 0 fully saturated rings. The number of urea groups is 1. The van der Waals surface area contributed by atoms with Crippen LogP contribution in [0.3, 0.4) is 0 Å². The van der Waals surface area contributed by atoms with E-state index in [9.17, 15) is 14.0 Å². The van der Waals surface area contributed by atoms with E-state index < -0.39 is 11.8 Å². The number of hydrogen-bond donors (Lipinski definition) is 3. The zero-order chi connectivity index (χ0) is 20.6. The van der Waals surface area contributed by atoms with Crippen molar-refractivity contribution in [3.8, 4) is 0 Å². The number of rotatable bonds is 5. The van der Waals surface area contributed by atoms with Gasteiger partial charge in [0.1, 0.15) is 5.82 Å². The predicted octanol–water partition coefficient (Wildman–Crippen LogP) is 4.54. The van der Waals surface area contributed by atoms with Crippen molar-refractivity contribution in [2.75, 3.05) is 10.6 Å². The Morgan fingerprint density at radius 2 is 1.59 bits per heavy atom. The molecule has 146 valence electrons. The SMILES string of the molecule is Cc1ccc(/C=N/NC(=O)c2ccc(NC(=O)Nc3ccccc3F)cc2)cc1. The molecule has 0 saturated heterocycles. The van der Waals surface area contributed by atoms with Crippen molar-refractivity contribution in [1.29, 1.82) is 0 Å². The lowest BCUT2D eigenvalue weighted by atomic mass is 10.2. The molecule has 3 amide bonds. The molecule has 0 aliphatic carbocycles. The fourth-order valence-corrected chi connectivity index (χ4v) is 2.43. The normalized spacial score (nSPS) is 10.6. The molecule has 0 bridgehead atoms.